The summed E-state index contributed by atoms with van der Waals surface area (Å²) >= 11 is 0. The van der Waals surface area contributed by atoms with Crippen molar-refractivity contribution in [1.82, 2.24) is 9.80 Å². The quantitative estimate of drug-likeness (QED) is 0.531. The number of ketones is 1. The molecule has 0 aliphatic carbocycles. The Bertz CT molecular complexity index is 1140. The lowest BCUT2D eigenvalue weighted by Gasteiger charge is -2.33. The first-order chi connectivity index (χ1) is 17.0. The van der Waals surface area contributed by atoms with Gasteiger partial charge < -0.3 is 33.5 Å². The van der Waals surface area contributed by atoms with E-state index in [1.807, 2.05) is 4.90 Å². The molecule has 0 radical (unpaired) electrons. The number of ether oxygens (including phenoxy) is 5. The number of rotatable bonds is 8. The average Bonchev–Trinajstić information content (AvgIpc) is 3.20. The van der Waals surface area contributed by atoms with Crippen LogP contribution in [0.4, 0.5) is 0 Å². The van der Waals surface area contributed by atoms with E-state index in [0.717, 1.165) is 19.6 Å². The second-order valence-electron chi connectivity index (χ2n) is 8.13. The van der Waals surface area contributed by atoms with Crippen molar-refractivity contribution in [1.29, 1.82) is 0 Å². The molecule has 1 amide bonds. The summed E-state index contributed by atoms with van der Waals surface area (Å²) in [5.74, 6) is 2.03. The number of fused-ring (bicyclic) bond motifs is 1. The SMILES string of the molecule is CCN1CCN(C(=O)COc2ccc3c(c2)OC(=Cc2ccc(OC)c(OC)c2OC)C3=O)CC1. The molecule has 0 unspecified atom stereocenters. The molecule has 9 nitrogen and oxygen atoms in total. The Balaban J connectivity index is 1.46. The summed E-state index contributed by atoms with van der Waals surface area (Å²) in [6, 6.07) is 8.42. The lowest BCUT2D eigenvalue weighted by Crippen LogP contribution is -2.49. The van der Waals surface area contributed by atoms with Crippen molar-refractivity contribution >= 4 is 17.8 Å². The third-order valence-electron chi connectivity index (χ3n) is 6.20. The van der Waals surface area contributed by atoms with Crippen molar-refractivity contribution in [3.05, 3.63) is 47.2 Å². The Morgan fingerprint density at radius 1 is 1.00 bits per heavy atom. The maximum Gasteiger partial charge on any atom is 0.260 e. The summed E-state index contributed by atoms with van der Waals surface area (Å²) in [7, 11) is 4.57. The zero-order valence-corrected chi connectivity index (χ0v) is 20.5. The number of methoxy groups -OCH3 is 3. The fourth-order valence-electron chi connectivity index (χ4n) is 4.19. The molecular formula is C26H30N2O7. The number of benzene rings is 2. The molecule has 0 bridgehead atoms. The van der Waals surface area contributed by atoms with Gasteiger partial charge in [0.25, 0.3) is 5.91 Å². The van der Waals surface area contributed by atoms with Crippen molar-refractivity contribution in [3.63, 3.8) is 0 Å². The molecule has 2 aliphatic heterocycles. The van der Waals surface area contributed by atoms with Crippen molar-refractivity contribution in [2.75, 3.05) is 60.7 Å². The van der Waals surface area contributed by atoms with E-state index < -0.39 is 0 Å². The predicted molar refractivity (Wildman–Crippen MR) is 130 cm³/mol. The number of amides is 1. The molecule has 0 spiro atoms. The molecule has 1 saturated heterocycles. The Kier molecular flexibility index (Phi) is 7.45. The van der Waals surface area contributed by atoms with Gasteiger partial charge in [0.2, 0.25) is 11.5 Å². The lowest BCUT2D eigenvalue weighted by molar-refractivity contribution is -0.135. The normalized spacial score (nSPS) is 16.6. The lowest BCUT2D eigenvalue weighted by atomic mass is 10.1. The van der Waals surface area contributed by atoms with Crippen LogP contribution in [0.3, 0.4) is 0 Å². The van der Waals surface area contributed by atoms with Crippen molar-refractivity contribution in [3.8, 4) is 28.7 Å². The van der Waals surface area contributed by atoms with Gasteiger partial charge in [0.15, 0.2) is 23.9 Å². The summed E-state index contributed by atoms with van der Waals surface area (Å²) in [6.45, 7) is 6.18. The minimum absolute atomic E-state index is 0.0561. The Labute approximate surface area is 204 Å². The summed E-state index contributed by atoms with van der Waals surface area (Å²) < 4.78 is 27.8. The summed E-state index contributed by atoms with van der Waals surface area (Å²) in [6.07, 6.45) is 1.60. The van der Waals surface area contributed by atoms with Gasteiger partial charge in [-0.25, -0.2) is 0 Å². The van der Waals surface area contributed by atoms with Crippen molar-refractivity contribution in [2.45, 2.75) is 6.92 Å². The molecule has 2 heterocycles. The van der Waals surface area contributed by atoms with Gasteiger partial charge in [-0.2, -0.15) is 0 Å². The van der Waals surface area contributed by atoms with Crippen LogP contribution < -0.4 is 23.7 Å². The largest absolute Gasteiger partial charge is 0.493 e. The first-order valence-electron chi connectivity index (χ1n) is 11.5. The molecular weight excluding hydrogens is 452 g/mol. The highest BCUT2D eigenvalue weighted by atomic mass is 16.5. The number of hydrogen-bond acceptors (Lipinski definition) is 8. The number of allylic oxidation sites excluding steroid dienone is 1. The number of likely N-dealkylation sites (N-methyl/N-ethyl adjacent to an activating group) is 1. The number of Topliss-reactive ketones (excluding diaryl/α,β-unsaturated/α-hetero) is 1. The maximum atomic E-state index is 12.9. The summed E-state index contributed by atoms with van der Waals surface area (Å²) in [4.78, 5) is 29.6. The van der Waals surface area contributed by atoms with Gasteiger partial charge in [-0.3, -0.25) is 9.59 Å². The number of hydrogen-bond donors (Lipinski definition) is 0. The van der Waals surface area contributed by atoms with E-state index in [0.29, 0.717) is 53.0 Å². The van der Waals surface area contributed by atoms with Gasteiger partial charge in [0.05, 0.1) is 26.9 Å². The topological polar surface area (TPSA) is 86.8 Å². The van der Waals surface area contributed by atoms with E-state index in [-0.39, 0.29) is 24.1 Å². The molecule has 35 heavy (non-hydrogen) atoms. The first-order valence-corrected chi connectivity index (χ1v) is 11.5. The molecule has 0 aromatic heterocycles. The average molecular weight is 483 g/mol. The highest BCUT2D eigenvalue weighted by molar-refractivity contribution is 6.14. The van der Waals surface area contributed by atoms with Gasteiger partial charge in [-0.1, -0.05) is 6.92 Å². The van der Waals surface area contributed by atoms with Crippen molar-refractivity contribution in [2.24, 2.45) is 0 Å². The standard InChI is InChI=1S/C26H30N2O7/c1-5-27-10-12-28(13-11-27)23(29)16-34-18-7-8-19-21(15-18)35-22(24(19)30)14-17-6-9-20(31-2)26(33-4)25(17)32-3/h6-9,14-15H,5,10-13,16H2,1-4H3. The molecule has 0 N–H and O–H groups in total. The highest BCUT2D eigenvalue weighted by Gasteiger charge is 2.29. The van der Waals surface area contributed by atoms with Crippen LogP contribution in [-0.4, -0.2) is 82.2 Å². The second kappa shape index (κ2) is 10.7. The summed E-state index contributed by atoms with van der Waals surface area (Å²) in [5.41, 5.74) is 1.02. The molecule has 2 aromatic rings. The maximum absolute atomic E-state index is 12.9. The van der Waals surface area contributed by atoms with E-state index in [9.17, 15) is 9.59 Å². The third-order valence-corrected chi connectivity index (χ3v) is 6.20. The Hall–Kier alpha value is -3.72. The summed E-state index contributed by atoms with van der Waals surface area (Å²) in [5, 5.41) is 0. The van der Waals surface area contributed by atoms with Crippen LogP contribution in [0.15, 0.2) is 36.1 Å². The van der Waals surface area contributed by atoms with Crippen LogP contribution in [0.1, 0.15) is 22.8 Å². The van der Waals surface area contributed by atoms with Crippen LogP contribution in [0.2, 0.25) is 0 Å². The van der Waals surface area contributed by atoms with E-state index >= 15 is 0 Å². The van der Waals surface area contributed by atoms with Gasteiger partial charge in [-0.05, 0) is 36.9 Å². The van der Waals surface area contributed by atoms with Gasteiger partial charge in [0, 0.05) is 37.8 Å². The van der Waals surface area contributed by atoms with E-state index in [2.05, 4.69) is 11.8 Å². The number of piperazine rings is 1. The fraction of sp³-hybridized carbons (Fsp3) is 0.385. The highest BCUT2D eigenvalue weighted by Crippen LogP contribution is 2.42. The monoisotopic (exact) mass is 482 g/mol. The minimum atomic E-state index is -0.256. The number of carbonyl (C=O) groups excluding carboxylic acids is 2. The van der Waals surface area contributed by atoms with E-state index in [1.165, 1.54) is 21.3 Å². The molecule has 0 saturated carbocycles. The predicted octanol–water partition coefficient (Wildman–Crippen LogP) is 2.87. The molecule has 1 fully saturated rings. The van der Waals surface area contributed by atoms with Gasteiger partial charge >= 0.3 is 0 Å². The Morgan fingerprint density at radius 2 is 1.74 bits per heavy atom. The number of carbonyl (C=O) groups is 2. The van der Waals surface area contributed by atoms with Crippen LogP contribution in [-0.2, 0) is 4.79 Å². The third kappa shape index (κ3) is 5.05. The van der Waals surface area contributed by atoms with E-state index in [4.69, 9.17) is 23.7 Å². The molecule has 0 atom stereocenters. The Morgan fingerprint density at radius 3 is 2.40 bits per heavy atom. The molecule has 2 aromatic carbocycles. The second-order valence-corrected chi connectivity index (χ2v) is 8.13. The van der Waals surface area contributed by atoms with E-state index in [1.54, 1.807) is 36.4 Å². The smallest absolute Gasteiger partial charge is 0.260 e. The number of nitrogens with zero attached hydrogens (tertiary/aromatic N) is 2. The van der Waals surface area contributed by atoms with Gasteiger partial charge in [0.1, 0.15) is 11.5 Å². The van der Waals surface area contributed by atoms with Crippen LogP contribution in [0, 0.1) is 0 Å². The molecule has 4 rings (SSSR count). The van der Waals surface area contributed by atoms with Gasteiger partial charge in [-0.15, -0.1) is 0 Å². The zero-order chi connectivity index (χ0) is 24.9. The first kappa shape index (κ1) is 24.4. The van der Waals surface area contributed by atoms with Crippen LogP contribution in [0.25, 0.3) is 6.08 Å². The van der Waals surface area contributed by atoms with Crippen LogP contribution in [0.5, 0.6) is 28.7 Å². The molecule has 9 heteroatoms. The van der Waals surface area contributed by atoms with Crippen LogP contribution >= 0.6 is 0 Å². The van der Waals surface area contributed by atoms with Crippen molar-refractivity contribution < 1.29 is 33.3 Å². The zero-order valence-electron chi connectivity index (χ0n) is 20.5. The minimum Gasteiger partial charge on any atom is -0.493 e. The molecule has 2 aliphatic rings. The fourth-order valence-corrected chi connectivity index (χ4v) is 4.19. The molecule has 186 valence electrons.